The summed E-state index contributed by atoms with van der Waals surface area (Å²) in [6.45, 7) is 3.28. The Labute approximate surface area is 137 Å². The lowest BCUT2D eigenvalue weighted by Crippen LogP contribution is -2.48. The van der Waals surface area contributed by atoms with Gasteiger partial charge in [0.2, 0.25) is 5.91 Å². The van der Waals surface area contributed by atoms with E-state index in [1.54, 1.807) is 0 Å². The molecular weight excluding hydrogens is 286 g/mol. The summed E-state index contributed by atoms with van der Waals surface area (Å²) < 4.78 is 0. The summed E-state index contributed by atoms with van der Waals surface area (Å²) in [5.74, 6) is 0.251. The average Bonchev–Trinajstić information content (AvgIpc) is 2.61. The van der Waals surface area contributed by atoms with Crippen molar-refractivity contribution in [3.05, 3.63) is 60.2 Å². The van der Waals surface area contributed by atoms with Gasteiger partial charge in [-0.05, 0) is 30.2 Å². The molecule has 0 spiro atoms. The van der Waals surface area contributed by atoms with E-state index in [-0.39, 0.29) is 5.91 Å². The fourth-order valence-corrected chi connectivity index (χ4v) is 2.99. The summed E-state index contributed by atoms with van der Waals surface area (Å²) in [5, 5.41) is 0. The van der Waals surface area contributed by atoms with Crippen LogP contribution in [0, 0.1) is 0 Å². The molecular formula is C19H23N3O. The number of anilines is 2. The van der Waals surface area contributed by atoms with E-state index in [0.29, 0.717) is 6.42 Å². The lowest BCUT2D eigenvalue weighted by atomic mass is 10.1. The molecule has 1 heterocycles. The largest absolute Gasteiger partial charge is 0.399 e. The molecule has 1 saturated heterocycles. The highest BCUT2D eigenvalue weighted by molar-refractivity contribution is 5.76. The molecule has 1 amide bonds. The van der Waals surface area contributed by atoms with Gasteiger partial charge >= 0.3 is 0 Å². The second-order valence-electron chi connectivity index (χ2n) is 5.95. The van der Waals surface area contributed by atoms with E-state index in [9.17, 15) is 4.79 Å². The zero-order valence-corrected chi connectivity index (χ0v) is 13.3. The Bertz CT molecular complexity index is 649. The lowest BCUT2D eigenvalue weighted by Gasteiger charge is -2.36. The van der Waals surface area contributed by atoms with Crippen molar-refractivity contribution >= 4 is 17.3 Å². The van der Waals surface area contributed by atoms with Gasteiger partial charge in [0.05, 0.1) is 0 Å². The van der Waals surface area contributed by atoms with Gasteiger partial charge in [-0.3, -0.25) is 4.79 Å². The molecule has 0 atom stereocenters. The number of nitrogen functional groups attached to an aromatic ring is 1. The minimum atomic E-state index is 0.251. The molecule has 2 aromatic carbocycles. The number of carbonyl (C=O) groups excluding carboxylic acids is 1. The van der Waals surface area contributed by atoms with Crippen LogP contribution in [0.1, 0.15) is 12.0 Å². The molecule has 4 nitrogen and oxygen atoms in total. The van der Waals surface area contributed by atoms with E-state index in [4.69, 9.17) is 5.73 Å². The van der Waals surface area contributed by atoms with Gasteiger partial charge in [0.25, 0.3) is 0 Å². The van der Waals surface area contributed by atoms with Crippen molar-refractivity contribution < 1.29 is 4.79 Å². The van der Waals surface area contributed by atoms with Crippen molar-refractivity contribution in [3.63, 3.8) is 0 Å². The predicted molar refractivity (Wildman–Crippen MR) is 94.4 cm³/mol. The number of hydrogen-bond donors (Lipinski definition) is 1. The first kappa shape index (κ1) is 15.4. The summed E-state index contributed by atoms with van der Waals surface area (Å²) in [6, 6.07) is 18.1. The standard InChI is InChI=1S/C19H23N3O/c20-17-7-4-8-18(15-17)21-11-13-22(14-12-21)19(23)10-9-16-5-2-1-3-6-16/h1-8,15H,9-14,20H2. The highest BCUT2D eigenvalue weighted by Gasteiger charge is 2.21. The monoisotopic (exact) mass is 309 g/mol. The first-order valence-electron chi connectivity index (χ1n) is 8.14. The number of carbonyl (C=O) groups is 1. The second kappa shape index (κ2) is 7.18. The number of nitrogens with two attached hydrogens (primary N) is 1. The highest BCUT2D eigenvalue weighted by Crippen LogP contribution is 2.19. The lowest BCUT2D eigenvalue weighted by molar-refractivity contribution is -0.131. The average molecular weight is 309 g/mol. The summed E-state index contributed by atoms with van der Waals surface area (Å²) in [5.41, 5.74) is 8.99. The zero-order valence-electron chi connectivity index (χ0n) is 13.3. The van der Waals surface area contributed by atoms with Gasteiger partial charge in [-0.1, -0.05) is 36.4 Å². The predicted octanol–water partition coefficient (Wildman–Crippen LogP) is 2.55. The first-order valence-corrected chi connectivity index (χ1v) is 8.14. The Kier molecular flexibility index (Phi) is 4.81. The Morgan fingerprint density at radius 2 is 1.70 bits per heavy atom. The van der Waals surface area contributed by atoms with Gasteiger partial charge in [-0.25, -0.2) is 0 Å². The number of aryl methyl sites for hydroxylation is 1. The fourth-order valence-electron chi connectivity index (χ4n) is 2.99. The Balaban J connectivity index is 1.49. The molecule has 2 N–H and O–H groups in total. The fraction of sp³-hybridized carbons (Fsp3) is 0.316. The van der Waals surface area contributed by atoms with Crippen LogP contribution in [-0.4, -0.2) is 37.0 Å². The van der Waals surface area contributed by atoms with Crippen LogP contribution in [0.4, 0.5) is 11.4 Å². The van der Waals surface area contributed by atoms with Gasteiger partial charge in [0.15, 0.2) is 0 Å². The molecule has 0 radical (unpaired) electrons. The van der Waals surface area contributed by atoms with E-state index in [0.717, 1.165) is 44.0 Å². The second-order valence-corrected chi connectivity index (χ2v) is 5.95. The topological polar surface area (TPSA) is 49.6 Å². The number of amides is 1. The maximum absolute atomic E-state index is 12.4. The minimum absolute atomic E-state index is 0.251. The minimum Gasteiger partial charge on any atom is -0.399 e. The van der Waals surface area contributed by atoms with Crippen molar-refractivity contribution in [1.82, 2.24) is 4.90 Å². The van der Waals surface area contributed by atoms with Crippen molar-refractivity contribution in [2.45, 2.75) is 12.8 Å². The molecule has 120 valence electrons. The zero-order chi connectivity index (χ0) is 16.1. The van der Waals surface area contributed by atoms with E-state index in [1.807, 2.05) is 41.3 Å². The van der Waals surface area contributed by atoms with Crippen LogP contribution in [0.25, 0.3) is 0 Å². The van der Waals surface area contributed by atoms with Crippen LogP contribution in [-0.2, 0) is 11.2 Å². The number of benzene rings is 2. The van der Waals surface area contributed by atoms with Crippen molar-refractivity contribution in [2.75, 3.05) is 36.8 Å². The van der Waals surface area contributed by atoms with Crippen molar-refractivity contribution in [3.8, 4) is 0 Å². The van der Waals surface area contributed by atoms with Gasteiger partial charge in [0.1, 0.15) is 0 Å². The maximum atomic E-state index is 12.4. The van der Waals surface area contributed by atoms with Gasteiger partial charge in [0, 0.05) is 44.0 Å². The molecule has 0 aliphatic carbocycles. The Morgan fingerprint density at radius 1 is 0.957 bits per heavy atom. The SMILES string of the molecule is Nc1cccc(N2CCN(C(=O)CCc3ccccc3)CC2)c1. The molecule has 4 heteroatoms. The first-order chi connectivity index (χ1) is 11.2. The molecule has 0 aromatic heterocycles. The molecule has 0 unspecified atom stereocenters. The van der Waals surface area contributed by atoms with Gasteiger partial charge < -0.3 is 15.5 Å². The molecule has 0 bridgehead atoms. The third-order valence-electron chi connectivity index (χ3n) is 4.34. The quantitative estimate of drug-likeness (QED) is 0.883. The van der Waals surface area contributed by atoms with Gasteiger partial charge in [-0.2, -0.15) is 0 Å². The van der Waals surface area contributed by atoms with E-state index < -0.39 is 0 Å². The molecule has 2 aromatic rings. The number of nitrogens with zero attached hydrogens (tertiary/aromatic N) is 2. The van der Waals surface area contributed by atoms with Crippen LogP contribution in [0.2, 0.25) is 0 Å². The number of hydrogen-bond acceptors (Lipinski definition) is 3. The molecule has 3 rings (SSSR count). The third-order valence-corrected chi connectivity index (χ3v) is 4.34. The molecule has 1 fully saturated rings. The van der Waals surface area contributed by atoms with Gasteiger partial charge in [-0.15, -0.1) is 0 Å². The smallest absolute Gasteiger partial charge is 0.223 e. The van der Waals surface area contributed by atoms with E-state index in [2.05, 4.69) is 23.1 Å². The van der Waals surface area contributed by atoms with E-state index >= 15 is 0 Å². The normalized spacial score (nSPS) is 14.8. The van der Waals surface area contributed by atoms with E-state index in [1.165, 1.54) is 5.56 Å². The van der Waals surface area contributed by atoms with Crippen molar-refractivity contribution in [2.24, 2.45) is 0 Å². The summed E-state index contributed by atoms with van der Waals surface area (Å²) in [6.07, 6.45) is 1.40. The molecule has 1 aliphatic rings. The molecule has 23 heavy (non-hydrogen) atoms. The number of piperazine rings is 1. The summed E-state index contributed by atoms with van der Waals surface area (Å²) in [4.78, 5) is 16.6. The summed E-state index contributed by atoms with van der Waals surface area (Å²) >= 11 is 0. The summed E-state index contributed by atoms with van der Waals surface area (Å²) in [7, 11) is 0. The van der Waals surface area contributed by atoms with Crippen molar-refractivity contribution in [1.29, 1.82) is 0 Å². The highest BCUT2D eigenvalue weighted by atomic mass is 16.2. The Morgan fingerprint density at radius 3 is 2.39 bits per heavy atom. The van der Waals surface area contributed by atoms with Crippen LogP contribution in [0.5, 0.6) is 0 Å². The Hall–Kier alpha value is -2.49. The van der Waals surface area contributed by atoms with Crippen LogP contribution in [0.15, 0.2) is 54.6 Å². The maximum Gasteiger partial charge on any atom is 0.223 e. The van der Waals surface area contributed by atoms with Crippen LogP contribution < -0.4 is 10.6 Å². The third kappa shape index (κ3) is 4.03. The van der Waals surface area contributed by atoms with Crippen LogP contribution >= 0.6 is 0 Å². The van der Waals surface area contributed by atoms with Crippen LogP contribution in [0.3, 0.4) is 0 Å². The number of rotatable bonds is 4. The molecule has 0 saturated carbocycles. The molecule has 1 aliphatic heterocycles.